The van der Waals surface area contributed by atoms with E-state index in [1.807, 2.05) is 0 Å². The molecular formula is C14H19F3N2O2. The van der Waals surface area contributed by atoms with Gasteiger partial charge in [0.25, 0.3) is 5.92 Å². The van der Waals surface area contributed by atoms with Gasteiger partial charge in [0, 0.05) is 31.7 Å². The Balaban J connectivity index is 2.49. The van der Waals surface area contributed by atoms with Crippen molar-refractivity contribution in [1.29, 1.82) is 0 Å². The number of rotatable bonds is 4. The standard InChI is InChI=1S/C14H19F3N2O2/c1-9-6-10(15)7-11(12(9)21)13(14(16,17)8-20)19-4-2-18-3-5-19/h6-7,13,18,20-21H,2-5,8H2,1H3/t13-/m1/s1. The van der Waals surface area contributed by atoms with Gasteiger partial charge in [-0.2, -0.15) is 0 Å². The van der Waals surface area contributed by atoms with Crippen molar-refractivity contribution in [3.05, 3.63) is 29.1 Å². The molecule has 1 saturated heterocycles. The minimum absolute atomic E-state index is 0.187. The minimum Gasteiger partial charge on any atom is -0.507 e. The van der Waals surface area contributed by atoms with Crippen molar-refractivity contribution >= 4 is 0 Å². The van der Waals surface area contributed by atoms with Crippen LogP contribution in [-0.4, -0.2) is 53.8 Å². The molecule has 0 spiro atoms. The summed E-state index contributed by atoms with van der Waals surface area (Å²) in [5.74, 6) is -4.52. The van der Waals surface area contributed by atoms with Crippen LogP contribution in [0.2, 0.25) is 0 Å². The summed E-state index contributed by atoms with van der Waals surface area (Å²) in [6.45, 7) is 1.79. The number of hydrogen-bond donors (Lipinski definition) is 3. The molecular weight excluding hydrogens is 285 g/mol. The number of aliphatic hydroxyl groups is 1. The summed E-state index contributed by atoms with van der Waals surface area (Å²) in [6, 6.07) is 0.447. The van der Waals surface area contributed by atoms with E-state index in [0.717, 1.165) is 12.1 Å². The predicted molar refractivity (Wildman–Crippen MR) is 72.0 cm³/mol. The molecule has 1 aliphatic rings. The number of halogens is 3. The van der Waals surface area contributed by atoms with Crippen LogP contribution in [-0.2, 0) is 0 Å². The van der Waals surface area contributed by atoms with Gasteiger partial charge in [0.1, 0.15) is 24.2 Å². The number of phenols is 1. The Morgan fingerprint density at radius 3 is 2.52 bits per heavy atom. The van der Waals surface area contributed by atoms with Crippen LogP contribution >= 0.6 is 0 Å². The molecule has 21 heavy (non-hydrogen) atoms. The maximum Gasteiger partial charge on any atom is 0.290 e. The van der Waals surface area contributed by atoms with E-state index in [1.165, 1.54) is 11.8 Å². The molecule has 118 valence electrons. The Morgan fingerprint density at radius 2 is 1.95 bits per heavy atom. The van der Waals surface area contributed by atoms with Crippen molar-refractivity contribution in [3.8, 4) is 5.75 Å². The second-order valence-corrected chi connectivity index (χ2v) is 5.27. The van der Waals surface area contributed by atoms with Gasteiger partial charge in [-0.3, -0.25) is 4.90 Å². The van der Waals surface area contributed by atoms with Crippen LogP contribution in [0.25, 0.3) is 0 Å². The van der Waals surface area contributed by atoms with Crippen LogP contribution in [0, 0.1) is 12.7 Å². The van der Waals surface area contributed by atoms with Gasteiger partial charge in [-0.25, -0.2) is 13.2 Å². The lowest BCUT2D eigenvalue weighted by Crippen LogP contribution is -2.51. The highest BCUT2D eigenvalue weighted by Gasteiger charge is 2.45. The molecule has 1 fully saturated rings. The average molecular weight is 304 g/mol. The number of nitrogens with zero attached hydrogens (tertiary/aromatic N) is 1. The topological polar surface area (TPSA) is 55.7 Å². The van der Waals surface area contributed by atoms with Crippen molar-refractivity contribution in [2.75, 3.05) is 32.8 Å². The zero-order valence-corrected chi connectivity index (χ0v) is 11.7. The number of aromatic hydroxyl groups is 1. The summed E-state index contributed by atoms with van der Waals surface area (Å²) in [7, 11) is 0. The van der Waals surface area contributed by atoms with E-state index in [-0.39, 0.29) is 16.9 Å². The number of aliphatic hydroxyl groups excluding tert-OH is 1. The molecule has 0 radical (unpaired) electrons. The molecule has 1 heterocycles. The highest BCUT2D eigenvalue weighted by atomic mass is 19.3. The van der Waals surface area contributed by atoms with Gasteiger partial charge in [-0.15, -0.1) is 0 Å². The molecule has 1 atom stereocenters. The SMILES string of the molecule is Cc1cc(F)cc([C@@H](N2CCNCC2)C(F)(F)CO)c1O. The number of piperazine rings is 1. The monoisotopic (exact) mass is 304 g/mol. The van der Waals surface area contributed by atoms with Crippen molar-refractivity contribution < 1.29 is 23.4 Å². The fraction of sp³-hybridized carbons (Fsp3) is 0.571. The largest absolute Gasteiger partial charge is 0.507 e. The maximum absolute atomic E-state index is 14.2. The number of nitrogens with one attached hydrogen (secondary N) is 1. The fourth-order valence-electron chi connectivity index (χ4n) is 2.69. The first-order chi connectivity index (χ1) is 9.86. The zero-order valence-electron chi connectivity index (χ0n) is 11.7. The Morgan fingerprint density at radius 1 is 1.33 bits per heavy atom. The van der Waals surface area contributed by atoms with Crippen molar-refractivity contribution in [3.63, 3.8) is 0 Å². The Bertz CT molecular complexity index is 505. The van der Waals surface area contributed by atoms with E-state index in [4.69, 9.17) is 5.11 Å². The minimum atomic E-state index is -3.48. The first-order valence-electron chi connectivity index (χ1n) is 6.79. The van der Waals surface area contributed by atoms with E-state index in [1.54, 1.807) is 0 Å². The Labute approximate surface area is 121 Å². The van der Waals surface area contributed by atoms with Crippen LogP contribution in [0.1, 0.15) is 17.2 Å². The Kier molecular flexibility index (Phi) is 4.75. The van der Waals surface area contributed by atoms with E-state index < -0.39 is 24.4 Å². The van der Waals surface area contributed by atoms with Gasteiger partial charge in [0.05, 0.1) is 0 Å². The van der Waals surface area contributed by atoms with Gasteiger partial charge < -0.3 is 15.5 Å². The molecule has 0 unspecified atom stereocenters. The molecule has 1 aromatic carbocycles. The first-order valence-corrected chi connectivity index (χ1v) is 6.79. The van der Waals surface area contributed by atoms with Crippen LogP contribution in [0.5, 0.6) is 5.75 Å². The normalized spacial score (nSPS) is 18.7. The maximum atomic E-state index is 14.2. The third kappa shape index (κ3) is 3.30. The number of aryl methyl sites for hydroxylation is 1. The number of alkyl halides is 2. The molecule has 0 aliphatic carbocycles. The fourth-order valence-corrected chi connectivity index (χ4v) is 2.69. The number of benzene rings is 1. The summed E-state index contributed by atoms with van der Waals surface area (Å²) < 4.78 is 41.9. The van der Waals surface area contributed by atoms with Crippen molar-refractivity contribution in [2.45, 2.75) is 18.9 Å². The van der Waals surface area contributed by atoms with E-state index in [2.05, 4.69) is 5.32 Å². The third-order valence-electron chi connectivity index (χ3n) is 3.72. The third-order valence-corrected chi connectivity index (χ3v) is 3.72. The smallest absolute Gasteiger partial charge is 0.290 e. The second kappa shape index (κ2) is 6.21. The summed E-state index contributed by atoms with van der Waals surface area (Å²) in [5.41, 5.74) is 0.00678. The van der Waals surface area contributed by atoms with Crippen molar-refractivity contribution in [1.82, 2.24) is 10.2 Å². The molecule has 1 aliphatic heterocycles. The lowest BCUT2D eigenvalue weighted by Gasteiger charge is -2.39. The van der Waals surface area contributed by atoms with Gasteiger partial charge in [0.2, 0.25) is 0 Å². The predicted octanol–water partition coefficient (Wildman–Crippen LogP) is 1.41. The Hall–Kier alpha value is -1.31. The number of hydrogen-bond acceptors (Lipinski definition) is 4. The van der Waals surface area contributed by atoms with E-state index in [0.29, 0.717) is 26.2 Å². The van der Waals surface area contributed by atoms with Crippen molar-refractivity contribution in [2.24, 2.45) is 0 Å². The van der Waals surface area contributed by atoms with Gasteiger partial charge in [-0.05, 0) is 24.6 Å². The lowest BCUT2D eigenvalue weighted by atomic mass is 9.95. The van der Waals surface area contributed by atoms with Gasteiger partial charge in [0.15, 0.2) is 0 Å². The molecule has 2 rings (SSSR count). The second-order valence-electron chi connectivity index (χ2n) is 5.27. The molecule has 0 aromatic heterocycles. The highest BCUT2D eigenvalue weighted by molar-refractivity contribution is 5.43. The molecule has 0 saturated carbocycles. The molecule has 7 heteroatoms. The zero-order chi connectivity index (χ0) is 15.6. The average Bonchev–Trinajstić information content (AvgIpc) is 2.45. The van der Waals surface area contributed by atoms with Crippen LogP contribution in [0.15, 0.2) is 12.1 Å². The van der Waals surface area contributed by atoms with Crippen LogP contribution in [0.4, 0.5) is 13.2 Å². The molecule has 0 amide bonds. The quantitative estimate of drug-likeness (QED) is 0.787. The molecule has 3 N–H and O–H groups in total. The summed E-state index contributed by atoms with van der Waals surface area (Å²) >= 11 is 0. The molecule has 1 aromatic rings. The van der Waals surface area contributed by atoms with Crippen LogP contribution in [0.3, 0.4) is 0 Å². The highest BCUT2D eigenvalue weighted by Crippen LogP contribution is 2.41. The lowest BCUT2D eigenvalue weighted by molar-refractivity contribution is -0.119. The van der Waals surface area contributed by atoms with E-state index in [9.17, 15) is 18.3 Å². The molecule has 0 bridgehead atoms. The first kappa shape index (κ1) is 16.1. The van der Waals surface area contributed by atoms with Gasteiger partial charge >= 0.3 is 0 Å². The summed E-state index contributed by atoms with van der Waals surface area (Å²) in [4.78, 5) is 1.46. The van der Waals surface area contributed by atoms with Crippen LogP contribution < -0.4 is 5.32 Å². The van der Waals surface area contributed by atoms with Gasteiger partial charge in [-0.1, -0.05) is 0 Å². The number of phenolic OH excluding ortho intramolecular Hbond substituents is 1. The summed E-state index contributed by atoms with van der Waals surface area (Å²) in [6.07, 6.45) is 0. The van der Waals surface area contributed by atoms with E-state index >= 15 is 0 Å². The summed E-state index contributed by atoms with van der Waals surface area (Å²) in [5, 5.41) is 22.1. The molecule has 4 nitrogen and oxygen atoms in total.